The van der Waals surface area contributed by atoms with Crippen molar-refractivity contribution in [2.24, 2.45) is 0 Å². The maximum atomic E-state index is 8.92. The molecule has 1 N–H and O–H groups in total. The van der Waals surface area contributed by atoms with Crippen LogP contribution >= 0.6 is 0 Å². The Morgan fingerprint density at radius 2 is 1.85 bits per heavy atom. The molecule has 1 aromatic rings. The lowest BCUT2D eigenvalue weighted by Crippen LogP contribution is -2.06. The molecule has 0 unspecified atom stereocenters. The molecule has 20 heavy (non-hydrogen) atoms. The molecule has 0 heterocycles. The van der Waals surface area contributed by atoms with Crippen molar-refractivity contribution in [3.8, 4) is 5.75 Å². The summed E-state index contributed by atoms with van der Waals surface area (Å²) < 4.78 is 5.66. The van der Waals surface area contributed by atoms with Gasteiger partial charge in [-0.15, -0.1) is 0 Å². The molecule has 112 valence electrons. The Morgan fingerprint density at radius 1 is 1.15 bits per heavy atom. The number of hydrogen-bond donors (Lipinski definition) is 1. The lowest BCUT2D eigenvalue weighted by Gasteiger charge is -2.19. The quantitative estimate of drug-likeness (QED) is 0.795. The van der Waals surface area contributed by atoms with Crippen LogP contribution in [-0.4, -0.2) is 18.3 Å². The van der Waals surface area contributed by atoms with Crippen LogP contribution in [0.15, 0.2) is 18.2 Å². The standard InChI is InChI=1S/C18H28O2/c1-14(2)17-13-16(9-10-18(17)20-12-11-19)15-7-5-3-4-6-8-15/h9-10,13-15,19H,3-8,11-12H2,1-2H3. The average Bonchev–Trinajstić information content (AvgIpc) is 2.74. The van der Waals surface area contributed by atoms with E-state index in [1.807, 2.05) is 0 Å². The summed E-state index contributed by atoms with van der Waals surface area (Å²) in [7, 11) is 0. The van der Waals surface area contributed by atoms with Gasteiger partial charge in [-0.05, 0) is 41.9 Å². The van der Waals surface area contributed by atoms with Gasteiger partial charge in [0.15, 0.2) is 0 Å². The minimum Gasteiger partial charge on any atom is -0.491 e. The molecule has 1 saturated carbocycles. The van der Waals surface area contributed by atoms with E-state index < -0.39 is 0 Å². The molecule has 1 aliphatic rings. The van der Waals surface area contributed by atoms with E-state index in [9.17, 15) is 0 Å². The summed E-state index contributed by atoms with van der Waals surface area (Å²) in [5.74, 6) is 2.11. The van der Waals surface area contributed by atoms with E-state index in [4.69, 9.17) is 9.84 Å². The Balaban J connectivity index is 2.19. The van der Waals surface area contributed by atoms with Gasteiger partial charge in [0.25, 0.3) is 0 Å². The van der Waals surface area contributed by atoms with Crippen molar-refractivity contribution in [3.63, 3.8) is 0 Å². The van der Waals surface area contributed by atoms with Crippen molar-refractivity contribution in [1.82, 2.24) is 0 Å². The minimum absolute atomic E-state index is 0.0713. The van der Waals surface area contributed by atoms with Crippen LogP contribution < -0.4 is 4.74 Å². The fraction of sp³-hybridized carbons (Fsp3) is 0.667. The van der Waals surface area contributed by atoms with Crippen molar-refractivity contribution >= 4 is 0 Å². The van der Waals surface area contributed by atoms with Crippen LogP contribution in [0.25, 0.3) is 0 Å². The zero-order valence-electron chi connectivity index (χ0n) is 12.9. The largest absolute Gasteiger partial charge is 0.491 e. The molecule has 1 aromatic carbocycles. The molecule has 2 heteroatoms. The minimum atomic E-state index is 0.0713. The number of rotatable bonds is 5. The molecule has 1 aliphatic carbocycles. The fourth-order valence-electron chi connectivity index (χ4n) is 3.17. The highest BCUT2D eigenvalue weighted by atomic mass is 16.5. The summed E-state index contributed by atoms with van der Waals surface area (Å²) in [6.45, 7) is 4.86. The van der Waals surface area contributed by atoms with Gasteiger partial charge in [0.05, 0.1) is 6.61 Å². The second kappa shape index (κ2) is 7.68. The van der Waals surface area contributed by atoms with Gasteiger partial charge < -0.3 is 9.84 Å². The summed E-state index contributed by atoms with van der Waals surface area (Å²) in [6, 6.07) is 6.67. The highest BCUT2D eigenvalue weighted by Crippen LogP contribution is 2.35. The Labute approximate surface area is 123 Å². The van der Waals surface area contributed by atoms with Crippen molar-refractivity contribution in [2.75, 3.05) is 13.2 Å². The van der Waals surface area contributed by atoms with Gasteiger partial charge in [0.2, 0.25) is 0 Å². The molecule has 0 saturated heterocycles. The van der Waals surface area contributed by atoms with Gasteiger partial charge in [0.1, 0.15) is 12.4 Å². The molecule has 0 aliphatic heterocycles. The first kappa shape index (κ1) is 15.4. The Kier molecular flexibility index (Phi) is 5.90. The van der Waals surface area contributed by atoms with E-state index in [1.54, 1.807) is 0 Å². The van der Waals surface area contributed by atoms with Crippen LogP contribution in [0.3, 0.4) is 0 Å². The van der Waals surface area contributed by atoms with E-state index in [2.05, 4.69) is 32.0 Å². The van der Waals surface area contributed by atoms with Crippen molar-refractivity contribution < 1.29 is 9.84 Å². The van der Waals surface area contributed by atoms with Crippen LogP contribution in [0.1, 0.15) is 75.3 Å². The van der Waals surface area contributed by atoms with Gasteiger partial charge >= 0.3 is 0 Å². The second-order valence-electron chi connectivity index (χ2n) is 6.21. The molecular weight excluding hydrogens is 248 g/mol. The first-order chi connectivity index (χ1) is 9.72. The fourth-order valence-corrected chi connectivity index (χ4v) is 3.17. The molecule has 2 rings (SSSR count). The van der Waals surface area contributed by atoms with Gasteiger partial charge in [-0.2, -0.15) is 0 Å². The lowest BCUT2D eigenvalue weighted by molar-refractivity contribution is 0.200. The average molecular weight is 276 g/mol. The third-order valence-corrected chi connectivity index (χ3v) is 4.33. The predicted molar refractivity (Wildman–Crippen MR) is 83.6 cm³/mol. The topological polar surface area (TPSA) is 29.5 Å². The van der Waals surface area contributed by atoms with Crippen molar-refractivity contribution in [3.05, 3.63) is 29.3 Å². The number of ether oxygens (including phenoxy) is 1. The molecule has 0 atom stereocenters. The Hall–Kier alpha value is -1.02. The maximum absolute atomic E-state index is 8.92. The highest BCUT2D eigenvalue weighted by Gasteiger charge is 2.17. The summed E-state index contributed by atoms with van der Waals surface area (Å²) in [5.41, 5.74) is 2.76. The zero-order chi connectivity index (χ0) is 14.4. The Morgan fingerprint density at radius 3 is 2.45 bits per heavy atom. The summed E-state index contributed by atoms with van der Waals surface area (Å²) >= 11 is 0. The predicted octanol–water partition coefficient (Wildman–Crippen LogP) is 4.62. The SMILES string of the molecule is CC(C)c1cc(C2CCCCCC2)ccc1OCCO. The highest BCUT2D eigenvalue weighted by molar-refractivity contribution is 5.40. The zero-order valence-corrected chi connectivity index (χ0v) is 12.9. The number of benzene rings is 1. The van der Waals surface area contributed by atoms with Gasteiger partial charge in [0, 0.05) is 0 Å². The Bertz CT molecular complexity index is 404. The molecular formula is C18H28O2. The molecule has 1 fully saturated rings. The number of hydrogen-bond acceptors (Lipinski definition) is 2. The first-order valence-electron chi connectivity index (χ1n) is 8.10. The van der Waals surface area contributed by atoms with Crippen LogP contribution in [0.5, 0.6) is 5.75 Å². The number of aliphatic hydroxyl groups is 1. The van der Waals surface area contributed by atoms with Crippen molar-refractivity contribution in [1.29, 1.82) is 0 Å². The summed E-state index contributed by atoms with van der Waals surface area (Å²) in [5, 5.41) is 8.92. The lowest BCUT2D eigenvalue weighted by atomic mass is 9.88. The van der Waals surface area contributed by atoms with Gasteiger partial charge in [-0.1, -0.05) is 51.7 Å². The maximum Gasteiger partial charge on any atom is 0.122 e. The first-order valence-corrected chi connectivity index (χ1v) is 8.10. The van der Waals surface area contributed by atoms with Gasteiger partial charge in [-0.25, -0.2) is 0 Å². The van der Waals surface area contributed by atoms with E-state index >= 15 is 0 Å². The summed E-state index contributed by atoms with van der Waals surface area (Å²) in [6.07, 6.45) is 8.17. The van der Waals surface area contributed by atoms with E-state index in [0.29, 0.717) is 12.5 Å². The van der Waals surface area contributed by atoms with E-state index in [0.717, 1.165) is 11.7 Å². The third-order valence-electron chi connectivity index (χ3n) is 4.33. The number of aliphatic hydroxyl groups excluding tert-OH is 1. The van der Waals surface area contributed by atoms with Crippen LogP contribution in [0.2, 0.25) is 0 Å². The molecule has 0 radical (unpaired) electrons. The van der Waals surface area contributed by atoms with E-state index in [1.165, 1.54) is 49.7 Å². The normalized spacial score (nSPS) is 17.2. The van der Waals surface area contributed by atoms with E-state index in [-0.39, 0.29) is 6.61 Å². The monoisotopic (exact) mass is 276 g/mol. The van der Waals surface area contributed by atoms with Crippen LogP contribution in [0, 0.1) is 0 Å². The molecule has 0 amide bonds. The molecule has 0 spiro atoms. The molecule has 2 nitrogen and oxygen atoms in total. The smallest absolute Gasteiger partial charge is 0.122 e. The molecule has 0 bridgehead atoms. The molecule has 0 aromatic heterocycles. The second-order valence-corrected chi connectivity index (χ2v) is 6.21. The van der Waals surface area contributed by atoms with Crippen LogP contribution in [-0.2, 0) is 0 Å². The van der Waals surface area contributed by atoms with Crippen molar-refractivity contribution in [2.45, 2.75) is 64.2 Å². The third kappa shape index (κ3) is 3.99. The van der Waals surface area contributed by atoms with Gasteiger partial charge in [-0.3, -0.25) is 0 Å². The van der Waals surface area contributed by atoms with Crippen LogP contribution in [0.4, 0.5) is 0 Å². The summed E-state index contributed by atoms with van der Waals surface area (Å²) in [4.78, 5) is 0.